The van der Waals surface area contributed by atoms with Gasteiger partial charge in [0, 0.05) is 19.1 Å². The van der Waals surface area contributed by atoms with Crippen molar-refractivity contribution in [3.8, 4) is 5.69 Å². The topological polar surface area (TPSA) is 77.0 Å². The van der Waals surface area contributed by atoms with Crippen molar-refractivity contribution in [1.82, 2.24) is 19.9 Å². The Morgan fingerprint density at radius 3 is 2.83 bits per heavy atom. The minimum Gasteiger partial charge on any atom is -0.337 e. The van der Waals surface area contributed by atoms with E-state index in [2.05, 4.69) is 10.3 Å². The fraction of sp³-hybridized carbons (Fsp3) is 0.438. The maximum atomic E-state index is 13.0. The zero-order chi connectivity index (χ0) is 16.4. The molecular formula is C16H20FN5O. The normalized spacial score (nSPS) is 19.6. The van der Waals surface area contributed by atoms with Gasteiger partial charge in [0.15, 0.2) is 5.69 Å². The van der Waals surface area contributed by atoms with E-state index in [0.29, 0.717) is 30.4 Å². The first-order valence-electron chi connectivity index (χ1n) is 7.78. The van der Waals surface area contributed by atoms with Crippen LogP contribution in [0.25, 0.3) is 5.69 Å². The molecule has 0 unspecified atom stereocenters. The number of nitrogens with two attached hydrogens (primary N) is 1. The van der Waals surface area contributed by atoms with E-state index in [0.717, 1.165) is 12.8 Å². The van der Waals surface area contributed by atoms with Gasteiger partial charge < -0.3 is 10.6 Å². The predicted molar refractivity (Wildman–Crippen MR) is 83.6 cm³/mol. The van der Waals surface area contributed by atoms with Crippen LogP contribution in [-0.2, 0) is 0 Å². The maximum absolute atomic E-state index is 13.0. The molecular weight excluding hydrogens is 297 g/mol. The number of hydrogen-bond acceptors (Lipinski definition) is 4. The number of amides is 1. The first-order chi connectivity index (χ1) is 11.0. The van der Waals surface area contributed by atoms with Crippen molar-refractivity contribution in [1.29, 1.82) is 0 Å². The second-order valence-corrected chi connectivity index (χ2v) is 6.04. The van der Waals surface area contributed by atoms with Gasteiger partial charge in [0.2, 0.25) is 0 Å². The number of nitrogens with zero attached hydrogens (tertiary/aromatic N) is 4. The molecule has 2 atom stereocenters. The van der Waals surface area contributed by atoms with E-state index >= 15 is 0 Å². The highest BCUT2D eigenvalue weighted by Gasteiger charge is 2.27. The van der Waals surface area contributed by atoms with Crippen LogP contribution in [0.15, 0.2) is 30.5 Å². The lowest BCUT2D eigenvalue weighted by molar-refractivity contribution is 0.0655. The van der Waals surface area contributed by atoms with Crippen molar-refractivity contribution in [3.05, 3.63) is 42.0 Å². The maximum Gasteiger partial charge on any atom is 0.276 e. The number of carbonyl (C=O) groups excluding carboxylic acids is 1. The second kappa shape index (κ2) is 6.45. The molecule has 3 rings (SSSR count). The molecule has 23 heavy (non-hydrogen) atoms. The summed E-state index contributed by atoms with van der Waals surface area (Å²) in [5.74, 6) is -0.135. The number of carbonyl (C=O) groups is 1. The van der Waals surface area contributed by atoms with Gasteiger partial charge in [-0.1, -0.05) is 5.21 Å². The molecule has 1 aromatic carbocycles. The third-order valence-corrected chi connectivity index (χ3v) is 4.29. The van der Waals surface area contributed by atoms with Crippen molar-refractivity contribution in [2.24, 2.45) is 11.7 Å². The minimum atomic E-state index is -0.319. The van der Waals surface area contributed by atoms with Crippen molar-refractivity contribution < 1.29 is 9.18 Å². The Morgan fingerprint density at radius 2 is 2.13 bits per heavy atom. The molecule has 2 aromatic rings. The van der Waals surface area contributed by atoms with Gasteiger partial charge in [-0.3, -0.25) is 4.79 Å². The predicted octanol–water partition coefficient (Wildman–Crippen LogP) is 1.61. The average Bonchev–Trinajstić information content (AvgIpc) is 3.05. The highest BCUT2D eigenvalue weighted by Crippen LogP contribution is 2.20. The fourth-order valence-corrected chi connectivity index (χ4v) is 2.87. The van der Waals surface area contributed by atoms with Gasteiger partial charge in [-0.05, 0) is 49.9 Å². The molecule has 1 saturated heterocycles. The fourth-order valence-electron chi connectivity index (χ4n) is 2.87. The molecule has 0 bridgehead atoms. The monoisotopic (exact) mass is 317 g/mol. The molecule has 0 spiro atoms. The van der Waals surface area contributed by atoms with Gasteiger partial charge in [-0.25, -0.2) is 9.07 Å². The van der Waals surface area contributed by atoms with E-state index in [1.54, 1.807) is 23.2 Å². The van der Waals surface area contributed by atoms with Gasteiger partial charge >= 0.3 is 0 Å². The molecule has 7 heteroatoms. The molecule has 1 aliphatic heterocycles. The molecule has 6 nitrogen and oxygen atoms in total. The van der Waals surface area contributed by atoms with Crippen LogP contribution < -0.4 is 5.73 Å². The Hall–Kier alpha value is -2.28. The van der Waals surface area contributed by atoms with Crippen LogP contribution in [-0.4, -0.2) is 44.9 Å². The average molecular weight is 317 g/mol. The van der Waals surface area contributed by atoms with E-state index in [-0.39, 0.29) is 17.8 Å². The number of likely N-dealkylation sites (tertiary alicyclic amines) is 1. The summed E-state index contributed by atoms with van der Waals surface area (Å²) < 4.78 is 14.4. The number of aromatic nitrogens is 3. The third kappa shape index (κ3) is 3.39. The molecule has 1 amide bonds. The van der Waals surface area contributed by atoms with Crippen LogP contribution in [0.4, 0.5) is 4.39 Å². The highest BCUT2D eigenvalue weighted by atomic mass is 19.1. The number of piperidine rings is 1. The molecule has 0 radical (unpaired) electrons. The highest BCUT2D eigenvalue weighted by molar-refractivity contribution is 5.92. The molecule has 2 heterocycles. The lowest BCUT2D eigenvalue weighted by atomic mass is 9.92. The van der Waals surface area contributed by atoms with Gasteiger partial charge in [-0.2, -0.15) is 0 Å². The Morgan fingerprint density at radius 1 is 1.39 bits per heavy atom. The summed E-state index contributed by atoms with van der Waals surface area (Å²) in [5, 5.41) is 7.91. The van der Waals surface area contributed by atoms with Crippen molar-refractivity contribution in [3.63, 3.8) is 0 Å². The first kappa shape index (κ1) is 15.6. The van der Waals surface area contributed by atoms with Crippen LogP contribution in [0, 0.1) is 11.7 Å². The number of rotatable bonds is 3. The second-order valence-electron chi connectivity index (χ2n) is 6.04. The molecule has 1 aliphatic rings. The Balaban J connectivity index is 1.74. The zero-order valence-corrected chi connectivity index (χ0v) is 13.0. The number of hydrogen-bond donors (Lipinski definition) is 1. The summed E-state index contributed by atoms with van der Waals surface area (Å²) in [4.78, 5) is 14.4. The van der Waals surface area contributed by atoms with Gasteiger partial charge in [0.05, 0.1) is 11.9 Å². The van der Waals surface area contributed by atoms with Crippen molar-refractivity contribution in [2.75, 3.05) is 13.1 Å². The SMILES string of the molecule is C[C@@H](N)[C@@H]1CCCN(C(=O)c2cn(-c3ccc(F)cc3)nn2)C1. The van der Waals surface area contributed by atoms with E-state index in [1.165, 1.54) is 16.8 Å². The van der Waals surface area contributed by atoms with Crippen molar-refractivity contribution >= 4 is 5.91 Å². The summed E-state index contributed by atoms with van der Waals surface area (Å²) >= 11 is 0. The molecule has 0 saturated carbocycles. The van der Waals surface area contributed by atoms with Crippen LogP contribution in [0.5, 0.6) is 0 Å². The molecule has 0 aliphatic carbocycles. The number of benzene rings is 1. The molecule has 1 fully saturated rings. The molecule has 2 N–H and O–H groups in total. The zero-order valence-electron chi connectivity index (χ0n) is 13.0. The minimum absolute atomic E-state index is 0.0699. The van der Waals surface area contributed by atoms with Gasteiger partial charge in [0.1, 0.15) is 5.82 Å². The van der Waals surface area contributed by atoms with Crippen LogP contribution >= 0.6 is 0 Å². The van der Waals surface area contributed by atoms with E-state index in [9.17, 15) is 9.18 Å². The van der Waals surface area contributed by atoms with Crippen LogP contribution in [0.2, 0.25) is 0 Å². The molecule has 122 valence electrons. The van der Waals surface area contributed by atoms with E-state index in [4.69, 9.17) is 5.73 Å². The third-order valence-electron chi connectivity index (χ3n) is 4.29. The Bertz CT molecular complexity index is 682. The van der Waals surface area contributed by atoms with Crippen molar-refractivity contribution in [2.45, 2.75) is 25.8 Å². The summed E-state index contributed by atoms with van der Waals surface area (Å²) in [6, 6.07) is 5.93. The largest absolute Gasteiger partial charge is 0.337 e. The number of halogens is 1. The lowest BCUT2D eigenvalue weighted by Gasteiger charge is -2.34. The Kier molecular flexibility index (Phi) is 4.38. The Labute approximate surface area is 134 Å². The van der Waals surface area contributed by atoms with Gasteiger partial charge in [-0.15, -0.1) is 5.10 Å². The quantitative estimate of drug-likeness (QED) is 0.933. The standard InChI is InChI=1S/C16H20FN5O/c1-11(18)12-3-2-8-21(9-12)16(23)15-10-22(20-19-15)14-6-4-13(17)5-7-14/h4-7,10-12H,2-3,8-9,18H2,1H3/t11-,12-/m1/s1. The molecule has 1 aromatic heterocycles. The van der Waals surface area contributed by atoms with Crippen LogP contribution in [0.1, 0.15) is 30.3 Å². The first-order valence-corrected chi connectivity index (χ1v) is 7.78. The van der Waals surface area contributed by atoms with Crippen LogP contribution in [0.3, 0.4) is 0 Å². The van der Waals surface area contributed by atoms with E-state index < -0.39 is 0 Å². The summed E-state index contributed by atoms with van der Waals surface area (Å²) in [7, 11) is 0. The smallest absolute Gasteiger partial charge is 0.276 e. The van der Waals surface area contributed by atoms with Gasteiger partial charge in [0.25, 0.3) is 5.91 Å². The summed E-state index contributed by atoms with van der Waals surface area (Å²) in [6.45, 7) is 3.34. The lowest BCUT2D eigenvalue weighted by Crippen LogP contribution is -2.45. The summed E-state index contributed by atoms with van der Waals surface area (Å²) in [6.07, 6.45) is 3.57. The summed E-state index contributed by atoms with van der Waals surface area (Å²) in [5.41, 5.74) is 6.91. The van der Waals surface area contributed by atoms with E-state index in [1.807, 2.05) is 6.92 Å².